The highest BCUT2D eigenvalue weighted by Crippen LogP contribution is 2.29. The van der Waals surface area contributed by atoms with Gasteiger partial charge in [0, 0.05) is 13.1 Å². The molecule has 0 unspecified atom stereocenters. The fourth-order valence-corrected chi connectivity index (χ4v) is 4.15. The maximum atomic E-state index is 12.2. The van der Waals surface area contributed by atoms with Crippen LogP contribution >= 0.6 is 23.1 Å². The number of carbonyl (C=O) groups excluding carboxylic acids is 1. The topological polar surface area (TPSA) is 66.9 Å². The van der Waals surface area contributed by atoms with Crippen LogP contribution in [-0.4, -0.2) is 21.4 Å². The van der Waals surface area contributed by atoms with Gasteiger partial charge in [-0.25, -0.2) is 0 Å². The van der Waals surface area contributed by atoms with Gasteiger partial charge in [0.05, 0.1) is 5.25 Å². The fourth-order valence-electron chi connectivity index (χ4n) is 2.24. The van der Waals surface area contributed by atoms with Crippen molar-refractivity contribution in [2.75, 3.05) is 5.32 Å². The number of benzene rings is 2. The maximum Gasteiger partial charge on any atom is 0.233 e. The molecule has 7 heteroatoms. The molecule has 0 aliphatic heterocycles. The largest absolute Gasteiger partial charge is 0.356 e. The minimum atomic E-state index is -0.228. The van der Waals surface area contributed by atoms with Crippen molar-refractivity contribution in [1.29, 1.82) is 0 Å². The van der Waals surface area contributed by atoms with E-state index in [-0.39, 0.29) is 11.2 Å². The van der Waals surface area contributed by atoms with Crippen LogP contribution < -0.4 is 10.6 Å². The lowest BCUT2D eigenvalue weighted by Gasteiger charge is -2.10. The molecular formula is C19H20N4OS2. The third-order valence-corrected chi connectivity index (χ3v) is 5.71. The second kappa shape index (κ2) is 9.35. The molecule has 5 nitrogen and oxygen atoms in total. The molecule has 1 heterocycles. The van der Waals surface area contributed by atoms with Gasteiger partial charge in [-0.05, 0) is 18.1 Å². The number of hydrogen-bond donors (Lipinski definition) is 2. The van der Waals surface area contributed by atoms with Crippen molar-refractivity contribution in [3.05, 3.63) is 71.8 Å². The van der Waals surface area contributed by atoms with E-state index >= 15 is 0 Å². The summed E-state index contributed by atoms with van der Waals surface area (Å²) >= 11 is 2.88. The molecule has 0 fully saturated rings. The summed E-state index contributed by atoms with van der Waals surface area (Å²) in [6, 6.07) is 20.0. The Labute approximate surface area is 161 Å². The Morgan fingerprint density at radius 2 is 1.62 bits per heavy atom. The molecular weight excluding hydrogens is 364 g/mol. The van der Waals surface area contributed by atoms with Crippen LogP contribution in [0.3, 0.4) is 0 Å². The molecule has 0 aliphatic carbocycles. The van der Waals surface area contributed by atoms with Crippen LogP contribution in [0, 0.1) is 0 Å². The van der Waals surface area contributed by atoms with Gasteiger partial charge in [-0.3, -0.25) is 4.79 Å². The second-order valence-corrected chi connectivity index (χ2v) is 8.24. The van der Waals surface area contributed by atoms with Gasteiger partial charge in [-0.1, -0.05) is 83.8 Å². The number of amides is 1. The summed E-state index contributed by atoms with van der Waals surface area (Å²) in [7, 11) is 0. The number of aromatic nitrogens is 2. The van der Waals surface area contributed by atoms with E-state index in [0.717, 1.165) is 15.0 Å². The average molecular weight is 385 g/mol. The van der Waals surface area contributed by atoms with Crippen LogP contribution in [0.15, 0.2) is 65.0 Å². The van der Waals surface area contributed by atoms with E-state index in [4.69, 9.17) is 0 Å². The number of rotatable bonds is 8. The number of nitrogens with zero attached hydrogens (tertiary/aromatic N) is 2. The van der Waals surface area contributed by atoms with Crippen LogP contribution in [0.1, 0.15) is 18.1 Å². The van der Waals surface area contributed by atoms with Gasteiger partial charge in [0.15, 0.2) is 4.34 Å². The minimum Gasteiger partial charge on any atom is -0.356 e. The van der Waals surface area contributed by atoms with Crippen molar-refractivity contribution in [2.24, 2.45) is 0 Å². The van der Waals surface area contributed by atoms with Gasteiger partial charge in [0.2, 0.25) is 11.0 Å². The first-order chi connectivity index (χ1) is 12.7. The smallest absolute Gasteiger partial charge is 0.233 e. The highest BCUT2D eigenvalue weighted by atomic mass is 32.2. The Balaban J connectivity index is 1.46. The molecule has 2 N–H and O–H groups in total. The molecule has 3 aromatic rings. The number of hydrogen-bond acceptors (Lipinski definition) is 6. The lowest BCUT2D eigenvalue weighted by atomic mass is 10.2. The zero-order valence-corrected chi connectivity index (χ0v) is 16.0. The Morgan fingerprint density at radius 3 is 2.27 bits per heavy atom. The van der Waals surface area contributed by atoms with Gasteiger partial charge >= 0.3 is 0 Å². The van der Waals surface area contributed by atoms with Crippen molar-refractivity contribution in [3.8, 4) is 0 Å². The van der Waals surface area contributed by atoms with Gasteiger partial charge < -0.3 is 10.6 Å². The zero-order chi connectivity index (χ0) is 18.2. The molecule has 1 amide bonds. The van der Waals surface area contributed by atoms with Crippen LogP contribution in [0.4, 0.5) is 5.13 Å². The molecule has 1 atom stereocenters. The molecule has 0 aliphatic rings. The number of nitrogens with one attached hydrogen (secondary N) is 2. The van der Waals surface area contributed by atoms with Crippen LogP contribution in [0.2, 0.25) is 0 Å². The first-order valence-electron chi connectivity index (χ1n) is 8.30. The predicted molar refractivity (Wildman–Crippen MR) is 107 cm³/mol. The van der Waals surface area contributed by atoms with Crippen molar-refractivity contribution < 1.29 is 4.79 Å². The fraction of sp³-hybridized carbons (Fsp3) is 0.211. The summed E-state index contributed by atoms with van der Waals surface area (Å²) in [5, 5.41) is 15.0. The standard InChI is InChI=1S/C19H20N4OS2/c1-14(17(24)20-12-15-8-4-2-5-9-15)25-19-23-22-18(26-19)21-13-16-10-6-3-7-11-16/h2-11,14H,12-13H2,1H3,(H,20,24)(H,21,22)/t14-/m1/s1. The normalized spacial score (nSPS) is 11.7. The summed E-state index contributed by atoms with van der Waals surface area (Å²) in [5.41, 5.74) is 2.27. The van der Waals surface area contributed by atoms with E-state index in [1.807, 2.05) is 55.5 Å². The molecule has 2 aromatic carbocycles. The van der Waals surface area contributed by atoms with Gasteiger partial charge in [-0.15, -0.1) is 10.2 Å². The Morgan fingerprint density at radius 1 is 1.00 bits per heavy atom. The molecule has 3 rings (SSSR count). The monoisotopic (exact) mass is 384 g/mol. The molecule has 0 radical (unpaired) electrons. The third kappa shape index (κ3) is 5.57. The molecule has 1 aromatic heterocycles. The average Bonchev–Trinajstić information content (AvgIpc) is 3.13. The summed E-state index contributed by atoms with van der Waals surface area (Å²) in [4.78, 5) is 12.2. The number of anilines is 1. The van der Waals surface area contributed by atoms with Crippen LogP contribution in [-0.2, 0) is 17.9 Å². The molecule has 134 valence electrons. The Bertz CT molecular complexity index is 824. The summed E-state index contributed by atoms with van der Waals surface area (Å²) < 4.78 is 0.780. The van der Waals surface area contributed by atoms with Crippen molar-refractivity contribution in [1.82, 2.24) is 15.5 Å². The summed E-state index contributed by atoms with van der Waals surface area (Å²) in [6.45, 7) is 3.11. The quantitative estimate of drug-likeness (QED) is 0.576. The van der Waals surface area contributed by atoms with E-state index in [1.165, 1.54) is 28.7 Å². The summed E-state index contributed by atoms with van der Waals surface area (Å²) in [5.74, 6) is -0.00662. The first-order valence-corrected chi connectivity index (χ1v) is 10.00. The zero-order valence-electron chi connectivity index (χ0n) is 14.4. The lowest BCUT2D eigenvalue weighted by molar-refractivity contribution is -0.120. The van der Waals surface area contributed by atoms with Crippen LogP contribution in [0.25, 0.3) is 0 Å². The highest BCUT2D eigenvalue weighted by molar-refractivity contribution is 8.02. The Kier molecular flexibility index (Phi) is 6.62. The third-order valence-electron chi connectivity index (χ3n) is 3.65. The molecule has 0 saturated heterocycles. The van der Waals surface area contributed by atoms with E-state index in [2.05, 4.69) is 33.0 Å². The SMILES string of the molecule is C[C@@H](Sc1nnc(NCc2ccccc2)s1)C(=O)NCc1ccccc1. The molecule has 0 bridgehead atoms. The summed E-state index contributed by atoms with van der Waals surface area (Å²) in [6.07, 6.45) is 0. The van der Waals surface area contributed by atoms with E-state index in [0.29, 0.717) is 13.1 Å². The highest BCUT2D eigenvalue weighted by Gasteiger charge is 2.17. The van der Waals surface area contributed by atoms with Gasteiger partial charge in [0.1, 0.15) is 0 Å². The number of thioether (sulfide) groups is 1. The maximum absolute atomic E-state index is 12.2. The Hall–Kier alpha value is -2.38. The molecule has 0 saturated carbocycles. The lowest BCUT2D eigenvalue weighted by Crippen LogP contribution is -2.30. The van der Waals surface area contributed by atoms with Crippen LogP contribution in [0.5, 0.6) is 0 Å². The van der Waals surface area contributed by atoms with E-state index in [1.54, 1.807) is 0 Å². The minimum absolute atomic E-state index is 0.00662. The molecule has 0 spiro atoms. The molecule has 26 heavy (non-hydrogen) atoms. The second-order valence-electron chi connectivity index (χ2n) is 5.68. The van der Waals surface area contributed by atoms with Crippen molar-refractivity contribution in [3.63, 3.8) is 0 Å². The first kappa shape index (κ1) is 18.4. The predicted octanol–water partition coefficient (Wildman–Crippen LogP) is 3.95. The van der Waals surface area contributed by atoms with Gasteiger partial charge in [0.25, 0.3) is 0 Å². The van der Waals surface area contributed by atoms with E-state index < -0.39 is 0 Å². The van der Waals surface area contributed by atoms with Crippen molar-refractivity contribution in [2.45, 2.75) is 29.6 Å². The van der Waals surface area contributed by atoms with Gasteiger partial charge in [-0.2, -0.15) is 0 Å². The van der Waals surface area contributed by atoms with Crippen molar-refractivity contribution >= 4 is 34.1 Å². The van der Waals surface area contributed by atoms with E-state index in [9.17, 15) is 4.79 Å². The number of carbonyl (C=O) groups is 1.